The monoisotopic (exact) mass is 281 g/mol. The summed E-state index contributed by atoms with van der Waals surface area (Å²) in [5.41, 5.74) is 1.52. The van der Waals surface area contributed by atoms with Gasteiger partial charge in [-0.05, 0) is 12.1 Å². The number of benzene rings is 1. The molecular formula is C14H11N5O2. The molecule has 0 saturated carbocycles. The molecule has 0 fully saturated rings. The van der Waals surface area contributed by atoms with Gasteiger partial charge in [0.2, 0.25) is 5.82 Å². The van der Waals surface area contributed by atoms with Gasteiger partial charge < -0.3 is 5.32 Å². The van der Waals surface area contributed by atoms with Crippen LogP contribution in [0.25, 0.3) is 22.2 Å². The van der Waals surface area contributed by atoms with Gasteiger partial charge in [0.1, 0.15) is 6.33 Å². The Balaban J connectivity index is 2.24. The Morgan fingerprint density at radius 3 is 2.81 bits per heavy atom. The Morgan fingerprint density at radius 2 is 2.05 bits per heavy atom. The highest BCUT2D eigenvalue weighted by Gasteiger charge is 2.23. The van der Waals surface area contributed by atoms with E-state index in [1.54, 1.807) is 25.4 Å². The second-order valence-electron chi connectivity index (χ2n) is 4.34. The molecule has 7 heteroatoms. The molecule has 0 amide bonds. The van der Waals surface area contributed by atoms with E-state index in [1.807, 2.05) is 18.2 Å². The normalized spacial score (nSPS) is 10.5. The van der Waals surface area contributed by atoms with Crippen LogP contribution in [0.15, 0.2) is 42.9 Å². The molecule has 0 spiro atoms. The predicted octanol–water partition coefficient (Wildman–Crippen LogP) is 2.64. The average Bonchev–Trinajstić information content (AvgIpc) is 2.53. The number of nitrogens with zero attached hydrogens (tertiary/aromatic N) is 4. The van der Waals surface area contributed by atoms with E-state index in [0.29, 0.717) is 5.56 Å². The van der Waals surface area contributed by atoms with Crippen molar-refractivity contribution in [2.75, 3.05) is 12.4 Å². The molecule has 0 aliphatic rings. The van der Waals surface area contributed by atoms with Crippen LogP contribution >= 0.6 is 0 Å². The fourth-order valence-electron chi connectivity index (χ4n) is 2.16. The lowest BCUT2D eigenvalue weighted by atomic mass is 10.1. The summed E-state index contributed by atoms with van der Waals surface area (Å²) in [7, 11) is 1.58. The van der Waals surface area contributed by atoms with Crippen LogP contribution in [-0.4, -0.2) is 26.9 Å². The van der Waals surface area contributed by atoms with E-state index in [2.05, 4.69) is 20.3 Å². The first kappa shape index (κ1) is 12.9. The Labute approximate surface area is 119 Å². The average molecular weight is 281 g/mol. The first-order valence-electron chi connectivity index (χ1n) is 6.23. The molecule has 21 heavy (non-hydrogen) atoms. The minimum absolute atomic E-state index is 0.143. The van der Waals surface area contributed by atoms with E-state index in [-0.39, 0.29) is 17.2 Å². The SMILES string of the molecule is CNc1ncnc(-c2ccc3cccnc3c2)c1[N+](=O)[O-]. The van der Waals surface area contributed by atoms with Crippen LogP contribution in [0.4, 0.5) is 11.5 Å². The maximum absolute atomic E-state index is 11.3. The van der Waals surface area contributed by atoms with E-state index in [1.165, 1.54) is 6.33 Å². The summed E-state index contributed by atoms with van der Waals surface area (Å²) in [4.78, 5) is 23.0. The first-order valence-corrected chi connectivity index (χ1v) is 6.23. The molecule has 0 aliphatic carbocycles. The number of rotatable bonds is 3. The predicted molar refractivity (Wildman–Crippen MR) is 79.0 cm³/mol. The molecule has 2 aromatic heterocycles. The molecule has 0 radical (unpaired) electrons. The maximum atomic E-state index is 11.3. The van der Waals surface area contributed by atoms with Crippen LogP contribution < -0.4 is 5.32 Å². The lowest BCUT2D eigenvalue weighted by Crippen LogP contribution is -2.03. The summed E-state index contributed by atoms with van der Waals surface area (Å²) in [6, 6.07) is 9.21. The summed E-state index contributed by atoms with van der Waals surface area (Å²) in [6.45, 7) is 0. The van der Waals surface area contributed by atoms with Gasteiger partial charge in [0, 0.05) is 24.2 Å². The second kappa shape index (κ2) is 5.12. The number of nitro groups is 1. The van der Waals surface area contributed by atoms with Gasteiger partial charge in [-0.2, -0.15) is 0 Å². The van der Waals surface area contributed by atoms with Gasteiger partial charge in [0.15, 0.2) is 5.69 Å². The van der Waals surface area contributed by atoms with Crippen molar-refractivity contribution < 1.29 is 4.92 Å². The summed E-state index contributed by atoms with van der Waals surface area (Å²) in [5, 5.41) is 15.0. The van der Waals surface area contributed by atoms with Crippen LogP contribution in [0.1, 0.15) is 0 Å². The van der Waals surface area contributed by atoms with E-state index in [0.717, 1.165) is 10.9 Å². The topological polar surface area (TPSA) is 93.8 Å². The number of hydrogen-bond acceptors (Lipinski definition) is 6. The van der Waals surface area contributed by atoms with Crippen molar-refractivity contribution in [2.45, 2.75) is 0 Å². The Hall–Kier alpha value is -3.09. The van der Waals surface area contributed by atoms with Crippen molar-refractivity contribution in [3.63, 3.8) is 0 Å². The number of nitrogens with one attached hydrogen (secondary N) is 1. The highest BCUT2D eigenvalue weighted by molar-refractivity contribution is 5.86. The van der Waals surface area contributed by atoms with E-state index < -0.39 is 4.92 Å². The van der Waals surface area contributed by atoms with Gasteiger partial charge in [-0.15, -0.1) is 0 Å². The summed E-state index contributed by atoms with van der Waals surface area (Å²) in [6.07, 6.45) is 2.98. The molecule has 0 aliphatic heterocycles. The van der Waals surface area contributed by atoms with Gasteiger partial charge in [-0.25, -0.2) is 9.97 Å². The van der Waals surface area contributed by atoms with Crippen LogP contribution in [-0.2, 0) is 0 Å². The van der Waals surface area contributed by atoms with Gasteiger partial charge in [0.25, 0.3) is 0 Å². The van der Waals surface area contributed by atoms with Gasteiger partial charge in [-0.1, -0.05) is 18.2 Å². The number of hydrogen-bond donors (Lipinski definition) is 1. The fourth-order valence-corrected chi connectivity index (χ4v) is 2.16. The van der Waals surface area contributed by atoms with Crippen LogP contribution in [0.5, 0.6) is 0 Å². The second-order valence-corrected chi connectivity index (χ2v) is 4.34. The zero-order valence-electron chi connectivity index (χ0n) is 11.1. The van der Waals surface area contributed by atoms with E-state index in [4.69, 9.17) is 0 Å². The fraction of sp³-hybridized carbons (Fsp3) is 0.0714. The maximum Gasteiger partial charge on any atom is 0.337 e. The zero-order valence-corrected chi connectivity index (χ0v) is 11.1. The molecule has 3 rings (SSSR count). The number of pyridine rings is 1. The number of fused-ring (bicyclic) bond motifs is 1. The lowest BCUT2D eigenvalue weighted by Gasteiger charge is -2.06. The van der Waals surface area contributed by atoms with Crippen LogP contribution in [0, 0.1) is 10.1 Å². The smallest absolute Gasteiger partial charge is 0.337 e. The third-order valence-electron chi connectivity index (χ3n) is 3.12. The van der Waals surface area contributed by atoms with E-state index >= 15 is 0 Å². The Morgan fingerprint density at radius 1 is 1.19 bits per heavy atom. The Bertz CT molecular complexity index is 834. The van der Waals surface area contributed by atoms with E-state index in [9.17, 15) is 10.1 Å². The Kier molecular flexibility index (Phi) is 3.15. The summed E-state index contributed by atoms with van der Waals surface area (Å²) in [5.74, 6) is 0.186. The summed E-state index contributed by atoms with van der Waals surface area (Å²) < 4.78 is 0. The highest BCUT2D eigenvalue weighted by atomic mass is 16.6. The molecule has 0 saturated heterocycles. The number of aromatic nitrogens is 3. The lowest BCUT2D eigenvalue weighted by molar-refractivity contribution is -0.383. The van der Waals surface area contributed by atoms with Gasteiger partial charge in [-0.3, -0.25) is 15.1 Å². The highest BCUT2D eigenvalue weighted by Crippen LogP contribution is 2.33. The number of anilines is 1. The standard InChI is InChI=1S/C14H11N5O2/c1-15-14-13(19(20)21)12(17-8-18-14)10-5-4-9-3-2-6-16-11(9)7-10/h2-8H,1H3,(H,15,17,18). The quantitative estimate of drug-likeness (QED) is 0.586. The molecule has 1 aromatic carbocycles. The molecule has 2 heterocycles. The van der Waals surface area contributed by atoms with Crippen molar-refractivity contribution >= 4 is 22.4 Å². The van der Waals surface area contributed by atoms with Crippen molar-refractivity contribution in [2.24, 2.45) is 0 Å². The van der Waals surface area contributed by atoms with Crippen molar-refractivity contribution in [3.8, 4) is 11.3 Å². The molecule has 104 valence electrons. The third kappa shape index (κ3) is 2.25. The van der Waals surface area contributed by atoms with Gasteiger partial charge in [0.05, 0.1) is 10.4 Å². The molecule has 1 N–H and O–H groups in total. The molecule has 0 bridgehead atoms. The van der Waals surface area contributed by atoms with Crippen LogP contribution in [0.2, 0.25) is 0 Å². The first-order chi connectivity index (χ1) is 10.2. The van der Waals surface area contributed by atoms with Crippen molar-refractivity contribution in [1.82, 2.24) is 15.0 Å². The zero-order chi connectivity index (χ0) is 14.8. The molecule has 7 nitrogen and oxygen atoms in total. The largest absolute Gasteiger partial charge is 0.367 e. The summed E-state index contributed by atoms with van der Waals surface area (Å²) >= 11 is 0. The van der Waals surface area contributed by atoms with Crippen LogP contribution in [0.3, 0.4) is 0 Å². The minimum atomic E-state index is -0.482. The molecular weight excluding hydrogens is 270 g/mol. The van der Waals surface area contributed by atoms with Crippen molar-refractivity contribution in [1.29, 1.82) is 0 Å². The third-order valence-corrected chi connectivity index (χ3v) is 3.12. The molecule has 3 aromatic rings. The van der Waals surface area contributed by atoms with Gasteiger partial charge >= 0.3 is 5.69 Å². The molecule has 0 atom stereocenters. The molecule has 0 unspecified atom stereocenters. The minimum Gasteiger partial charge on any atom is -0.367 e. The van der Waals surface area contributed by atoms with Crippen molar-refractivity contribution in [3.05, 3.63) is 53.0 Å².